The molecule has 0 radical (unpaired) electrons. The standard InChI is InChI=1S/C13H25NS/c1-11(12-5-6-12)14(2)9-13(10-15)7-3-4-8-13/h11-12,15H,3-10H2,1-2H3. The van der Waals surface area contributed by atoms with Crippen LogP contribution in [0.25, 0.3) is 0 Å². The number of hydrogen-bond acceptors (Lipinski definition) is 2. The monoisotopic (exact) mass is 227 g/mol. The molecule has 2 aliphatic carbocycles. The van der Waals surface area contributed by atoms with Gasteiger partial charge in [0.05, 0.1) is 0 Å². The van der Waals surface area contributed by atoms with Crippen molar-refractivity contribution in [2.45, 2.75) is 51.5 Å². The summed E-state index contributed by atoms with van der Waals surface area (Å²) < 4.78 is 0. The quantitative estimate of drug-likeness (QED) is 0.706. The third-order valence-corrected chi connectivity index (χ3v) is 5.25. The predicted molar refractivity (Wildman–Crippen MR) is 69.6 cm³/mol. The molecule has 1 nitrogen and oxygen atoms in total. The Labute approximate surface area is 100 Å². The Morgan fingerprint density at radius 2 is 1.93 bits per heavy atom. The van der Waals surface area contributed by atoms with Gasteiger partial charge in [0.2, 0.25) is 0 Å². The van der Waals surface area contributed by atoms with Crippen LogP contribution < -0.4 is 0 Å². The van der Waals surface area contributed by atoms with Crippen LogP contribution in [0.15, 0.2) is 0 Å². The Kier molecular flexibility index (Phi) is 3.67. The molecule has 1 unspecified atom stereocenters. The van der Waals surface area contributed by atoms with Gasteiger partial charge in [0.25, 0.3) is 0 Å². The summed E-state index contributed by atoms with van der Waals surface area (Å²) in [7, 11) is 2.31. The summed E-state index contributed by atoms with van der Waals surface area (Å²) in [6.45, 7) is 3.67. The van der Waals surface area contributed by atoms with Gasteiger partial charge < -0.3 is 4.90 Å². The van der Waals surface area contributed by atoms with Gasteiger partial charge in [0, 0.05) is 12.6 Å². The van der Waals surface area contributed by atoms with Gasteiger partial charge in [0.1, 0.15) is 0 Å². The molecule has 0 aromatic carbocycles. The highest BCUT2D eigenvalue weighted by molar-refractivity contribution is 7.80. The summed E-state index contributed by atoms with van der Waals surface area (Å²) in [5, 5.41) is 0. The topological polar surface area (TPSA) is 3.24 Å². The van der Waals surface area contributed by atoms with E-state index in [-0.39, 0.29) is 0 Å². The lowest BCUT2D eigenvalue weighted by atomic mass is 9.87. The smallest absolute Gasteiger partial charge is 0.00923 e. The summed E-state index contributed by atoms with van der Waals surface area (Å²) >= 11 is 4.59. The SMILES string of the molecule is CC(C1CC1)N(C)CC1(CS)CCCC1. The third-order valence-electron chi connectivity index (χ3n) is 4.58. The lowest BCUT2D eigenvalue weighted by Gasteiger charge is -2.35. The molecule has 88 valence electrons. The average molecular weight is 227 g/mol. The van der Waals surface area contributed by atoms with E-state index in [0.29, 0.717) is 5.41 Å². The third kappa shape index (κ3) is 2.71. The molecule has 2 rings (SSSR count). The summed E-state index contributed by atoms with van der Waals surface area (Å²) in [4.78, 5) is 2.60. The molecule has 0 spiro atoms. The first-order valence-corrected chi connectivity index (χ1v) is 7.11. The second kappa shape index (κ2) is 4.67. The van der Waals surface area contributed by atoms with Crippen molar-refractivity contribution in [1.29, 1.82) is 0 Å². The largest absolute Gasteiger partial charge is 0.303 e. The molecule has 0 aliphatic heterocycles. The predicted octanol–water partition coefficient (Wildman–Crippen LogP) is 3.21. The maximum absolute atomic E-state index is 4.59. The van der Waals surface area contributed by atoms with Gasteiger partial charge >= 0.3 is 0 Å². The van der Waals surface area contributed by atoms with E-state index in [0.717, 1.165) is 17.7 Å². The molecular weight excluding hydrogens is 202 g/mol. The number of thiol groups is 1. The van der Waals surface area contributed by atoms with Crippen molar-refractivity contribution in [1.82, 2.24) is 4.90 Å². The van der Waals surface area contributed by atoms with Crippen LogP contribution in [0.4, 0.5) is 0 Å². The van der Waals surface area contributed by atoms with Crippen LogP contribution in [0, 0.1) is 11.3 Å². The first-order chi connectivity index (χ1) is 7.17. The van der Waals surface area contributed by atoms with E-state index in [1.807, 2.05) is 0 Å². The molecule has 0 aromatic rings. The van der Waals surface area contributed by atoms with Crippen molar-refractivity contribution in [3.8, 4) is 0 Å². The fourth-order valence-electron chi connectivity index (χ4n) is 3.10. The van der Waals surface area contributed by atoms with Crippen molar-refractivity contribution in [3.05, 3.63) is 0 Å². The minimum absolute atomic E-state index is 0.543. The molecule has 0 heterocycles. The van der Waals surface area contributed by atoms with Gasteiger partial charge in [-0.1, -0.05) is 12.8 Å². The highest BCUT2D eigenvalue weighted by atomic mass is 32.1. The Bertz CT molecular complexity index is 207. The van der Waals surface area contributed by atoms with Gasteiger partial charge in [-0.2, -0.15) is 12.6 Å². The van der Waals surface area contributed by atoms with E-state index in [4.69, 9.17) is 0 Å². The lowest BCUT2D eigenvalue weighted by molar-refractivity contribution is 0.150. The minimum atomic E-state index is 0.543. The fraction of sp³-hybridized carbons (Fsp3) is 1.00. The Hall–Kier alpha value is 0.310. The molecule has 0 bridgehead atoms. The normalized spacial score (nSPS) is 27.2. The van der Waals surface area contributed by atoms with Crippen molar-refractivity contribution in [2.24, 2.45) is 11.3 Å². The first kappa shape index (κ1) is 11.8. The van der Waals surface area contributed by atoms with E-state index in [9.17, 15) is 0 Å². The molecule has 2 heteroatoms. The van der Waals surface area contributed by atoms with Crippen molar-refractivity contribution >= 4 is 12.6 Å². The van der Waals surface area contributed by atoms with E-state index >= 15 is 0 Å². The van der Waals surface area contributed by atoms with E-state index in [2.05, 4.69) is 31.5 Å². The number of nitrogens with zero attached hydrogens (tertiary/aromatic N) is 1. The molecular formula is C13H25NS. The first-order valence-electron chi connectivity index (χ1n) is 6.48. The molecule has 2 fully saturated rings. The fourth-order valence-corrected chi connectivity index (χ4v) is 3.52. The molecule has 0 saturated heterocycles. The van der Waals surface area contributed by atoms with Crippen molar-refractivity contribution in [3.63, 3.8) is 0 Å². The van der Waals surface area contributed by atoms with Crippen LogP contribution in [0.3, 0.4) is 0 Å². The Balaban J connectivity index is 1.87. The second-order valence-electron chi connectivity index (χ2n) is 5.86. The van der Waals surface area contributed by atoms with Gasteiger partial charge in [-0.15, -0.1) is 0 Å². The van der Waals surface area contributed by atoms with Crippen LogP contribution in [0.1, 0.15) is 45.4 Å². The average Bonchev–Trinajstić information content (AvgIpc) is 2.99. The number of hydrogen-bond donors (Lipinski definition) is 1. The Morgan fingerprint density at radius 3 is 2.40 bits per heavy atom. The summed E-state index contributed by atoms with van der Waals surface area (Å²) in [5.74, 6) is 2.07. The van der Waals surface area contributed by atoms with Crippen LogP contribution in [0.2, 0.25) is 0 Å². The highest BCUT2D eigenvalue weighted by Crippen LogP contribution is 2.41. The van der Waals surface area contributed by atoms with Crippen molar-refractivity contribution in [2.75, 3.05) is 19.3 Å². The van der Waals surface area contributed by atoms with Crippen LogP contribution >= 0.6 is 12.6 Å². The molecule has 0 aromatic heterocycles. The summed E-state index contributed by atoms with van der Waals surface area (Å²) in [5.41, 5.74) is 0.543. The molecule has 2 aliphatic rings. The number of rotatable bonds is 5. The molecule has 0 N–H and O–H groups in total. The van der Waals surface area contributed by atoms with Gasteiger partial charge in [-0.3, -0.25) is 0 Å². The van der Waals surface area contributed by atoms with Crippen LogP contribution in [0.5, 0.6) is 0 Å². The van der Waals surface area contributed by atoms with Gasteiger partial charge in [-0.05, 0) is 56.7 Å². The lowest BCUT2D eigenvalue weighted by Crippen LogP contribution is -2.40. The van der Waals surface area contributed by atoms with E-state index in [1.54, 1.807) is 0 Å². The maximum atomic E-state index is 4.59. The highest BCUT2D eigenvalue weighted by Gasteiger charge is 2.37. The zero-order chi connectivity index (χ0) is 10.9. The minimum Gasteiger partial charge on any atom is -0.303 e. The molecule has 2 saturated carbocycles. The summed E-state index contributed by atoms with van der Waals surface area (Å²) in [6, 6.07) is 0.794. The van der Waals surface area contributed by atoms with Crippen LogP contribution in [-0.2, 0) is 0 Å². The van der Waals surface area contributed by atoms with Crippen LogP contribution in [-0.4, -0.2) is 30.3 Å². The molecule has 15 heavy (non-hydrogen) atoms. The van der Waals surface area contributed by atoms with E-state index in [1.165, 1.54) is 45.1 Å². The van der Waals surface area contributed by atoms with E-state index < -0.39 is 0 Å². The molecule has 1 atom stereocenters. The van der Waals surface area contributed by atoms with Crippen molar-refractivity contribution < 1.29 is 0 Å². The van der Waals surface area contributed by atoms with Gasteiger partial charge in [-0.25, -0.2) is 0 Å². The summed E-state index contributed by atoms with van der Waals surface area (Å²) in [6.07, 6.45) is 8.56. The zero-order valence-electron chi connectivity index (χ0n) is 10.2. The van der Waals surface area contributed by atoms with Gasteiger partial charge in [0.15, 0.2) is 0 Å². The Morgan fingerprint density at radius 1 is 1.33 bits per heavy atom. The maximum Gasteiger partial charge on any atom is 0.00923 e. The zero-order valence-corrected chi connectivity index (χ0v) is 11.1. The second-order valence-corrected chi connectivity index (χ2v) is 6.17. The molecule has 0 amide bonds.